The first-order valence-corrected chi connectivity index (χ1v) is 11.2. The van der Waals surface area contributed by atoms with E-state index in [0.717, 1.165) is 35.6 Å². The number of hydrazone groups is 1. The number of nitrogens with one attached hydrogen (secondary N) is 1. The number of hydrogen-bond donors (Lipinski definition) is 1. The second-order valence-corrected chi connectivity index (χ2v) is 8.33. The Kier molecular flexibility index (Phi) is 6.06. The first-order chi connectivity index (χ1) is 15.8. The van der Waals surface area contributed by atoms with E-state index in [0.29, 0.717) is 5.82 Å². The van der Waals surface area contributed by atoms with Crippen molar-refractivity contribution < 1.29 is 0 Å². The number of rotatable bonds is 6. The van der Waals surface area contributed by atoms with Crippen LogP contribution in [0, 0.1) is 5.92 Å². The number of para-hydroxylation sites is 2. The van der Waals surface area contributed by atoms with Gasteiger partial charge in [-0.25, -0.2) is 4.98 Å². The molecule has 5 heteroatoms. The summed E-state index contributed by atoms with van der Waals surface area (Å²) in [4.78, 5) is 11.4. The van der Waals surface area contributed by atoms with Crippen LogP contribution in [0.1, 0.15) is 24.0 Å². The van der Waals surface area contributed by atoms with Crippen molar-refractivity contribution in [1.29, 1.82) is 0 Å². The molecule has 1 fully saturated rings. The van der Waals surface area contributed by atoms with Crippen molar-refractivity contribution in [3.05, 3.63) is 96.2 Å². The molecular weight excluding hydrogens is 394 g/mol. The largest absolute Gasteiger partial charge is 0.372 e. The molecule has 160 valence electrons. The maximum absolute atomic E-state index is 4.52. The van der Waals surface area contributed by atoms with Crippen molar-refractivity contribution in [1.82, 2.24) is 9.97 Å². The van der Waals surface area contributed by atoms with Gasteiger partial charge in [0.2, 0.25) is 0 Å². The Morgan fingerprint density at radius 3 is 2.38 bits per heavy atom. The zero-order valence-corrected chi connectivity index (χ0v) is 18.1. The second-order valence-electron chi connectivity index (χ2n) is 8.33. The standard InChI is InChI=1S/C27H27N5/c1-2-6-21(7-3-1)18-22-14-16-32(17-15-22)24-12-10-23(11-13-24)19-29-31-27-20-28-25-8-4-5-9-26(25)30-27/h1-13,19-20,22H,14-18H2,(H,30,31). The Bertz CT molecular complexity index is 1180. The molecule has 0 atom stereocenters. The van der Waals surface area contributed by atoms with Crippen molar-refractivity contribution in [2.45, 2.75) is 19.3 Å². The molecule has 1 aromatic heterocycles. The smallest absolute Gasteiger partial charge is 0.165 e. The average Bonchev–Trinajstić information content (AvgIpc) is 2.86. The summed E-state index contributed by atoms with van der Waals surface area (Å²) in [6.07, 6.45) is 7.19. The molecule has 5 nitrogen and oxygen atoms in total. The van der Waals surface area contributed by atoms with Crippen LogP contribution in [0.3, 0.4) is 0 Å². The Labute approximate surface area is 188 Å². The lowest BCUT2D eigenvalue weighted by Gasteiger charge is -2.33. The minimum absolute atomic E-state index is 0.634. The summed E-state index contributed by atoms with van der Waals surface area (Å²) in [6.45, 7) is 2.24. The lowest BCUT2D eigenvalue weighted by molar-refractivity contribution is 0.404. The van der Waals surface area contributed by atoms with Gasteiger partial charge in [-0.15, -0.1) is 0 Å². The highest BCUT2D eigenvalue weighted by molar-refractivity contribution is 5.81. The van der Waals surface area contributed by atoms with Gasteiger partial charge in [0, 0.05) is 18.8 Å². The van der Waals surface area contributed by atoms with Gasteiger partial charge in [-0.2, -0.15) is 5.10 Å². The molecule has 4 aromatic rings. The van der Waals surface area contributed by atoms with E-state index in [9.17, 15) is 0 Å². The predicted octanol–water partition coefficient (Wildman–Crippen LogP) is 5.53. The van der Waals surface area contributed by atoms with Crippen LogP contribution < -0.4 is 10.3 Å². The van der Waals surface area contributed by atoms with Crippen LogP contribution in [0.25, 0.3) is 11.0 Å². The highest BCUT2D eigenvalue weighted by Crippen LogP contribution is 2.26. The van der Waals surface area contributed by atoms with Gasteiger partial charge in [0.1, 0.15) is 0 Å². The molecule has 5 rings (SSSR count). The average molecular weight is 422 g/mol. The van der Waals surface area contributed by atoms with Gasteiger partial charge >= 0.3 is 0 Å². The fraction of sp³-hybridized carbons (Fsp3) is 0.222. The monoisotopic (exact) mass is 421 g/mol. The van der Waals surface area contributed by atoms with Crippen LogP contribution in [0.15, 0.2) is 90.2 Å². The van der Waals surface area contributed by atoms with E-state index in [1.54, 1.807) is 6.20 Å². The molecule has 1 N–H and O–H groups in total. The molecule has 1 saturated heterocycles. The Morgan fingerprint density at radius 1 is 0.875 bits per heavy atom. The lowest BCUT2D eigenvalue weighted by atomic mass is 9.90. The number of benzene rings is 3. The molecule has 0 unspecified atom stereocenters. The first kappa shape index (κ1) is 20.2. The van der Waals surface area contributed by atoms with Gasteiger partial charge in [0.05, 0.1) is 23.4 Å². The van der Waals surface area contributed by atoms with Gasteiger partial charge in [0.25, 0.3) is 0 Å². The third kappa shape index (κ3) is 4.94. The van der Waals surface area contributed by atoms with Gasteiger partial charge in [-0.05, 0) is 60.6 Å². The van der Waals surface area contributed by atoms with Gasteiger partial charge in [-0.1, -0.05) is 54.6 Å². The van der Waals surface area contributed by atoms with Crippen molar-refractivity contribution in [3.63, 3.8) is 0 Å². The minimum atomic E-state index is 0.634. The van der Waals surface area contributed by atoms with Gasteiger partial charge < -0.3 is 4.90 Å². The third-order valence-electron chi connectivity index (χ3n) is 6.08. The predicted molar refractivity (Wildman–Crippen MR) is 132 cm³/mol. The van der Waals surface area contributed by atoms with Crippen molar-refractivity contribution in [2.24, 2.45) is 11.0 Å². The zero-order valence-electron chi connectivity index (χ0n) is 18.1. The van der Waals surface area contributed by atoms with Crippen LogP contribution in [-0.2, 0) is 6.42 Å². The van der Waals surface area contributed by atoms with Crippen molar-refractivity contribution in [3.8, 4) is 0 Å². The summed E-state index contributed by atoms with van der Waals surface area (Å²) >= 11 is 0. The molecule has 32 heavy (non-hydrogen) atoms. The number of fused-ring (bicyclic) bond motifs is 1. The molecule has 0 bridgehead atoms. The second kappa shape index (κ2) is 9.60. The van der Waals surface area contributed by atoms with E-state index < -0.39 is 0 Å². The number of anilines is 2. The first-order valence-electron chi connectivity index (χ1n) is 11.2. The molecule has 1 aliphatic heterocycles. The Hall–Kier alpha value is -3.73. The van der Waals surface area contributed by atoms with E-state index in [4.69, 9.17) is 0 Å². The Morgan fingerprint density at radius 2 is 1.59 bits per heavy atom. The summed E-state index contributed by atoms with van der Waals surface area (Å²) in [5.74, 6) is 1.42. The Balaban J connectivity index is 1.14. The number of hydrogen-bond acceptors (Lipinski definition) is 5. The summed E-state index contributed by atoms with van der Waals surface area (Å²) in [5, 5.41) is 4.32. The molecule has 2 heterocycles. The highest BCUT2D eigenvalue weighted by Gasteiger charge is 2.19. The van der Waals surface area contributed by atoms with E-state index in [1.165, 1.54) is 30.5 Å². The van der Waals surface area contributed by atoms with E-state index in [-0.39, 0.29) is 0 Å². The number of piperidine rings is 1. The van der Waals surface area contributed by atoms with Gasteiger partial charge in [-0.3, -0.25) is 10.4 Å². The number of aromatic nitrogens is 2. The molecule has 1 aliphatic rings. The highest BCUT2D eigenvalue weighted by atomic mass is 15.3. The van der Waals surface area contributed by atoms with Crippen LogP contribution in [0.2, 0.25) is 0 Å². The fourth-order valence-corrected chi connectivity index (χ4v) is 4.30. The maximum atomic E-state index is 4.52. The van der Waals surface area contributed by atoms with Crippen LogP contribution in [0.4, 0.5) is 11.5 Å². The van der Waals surface area contributed by atoms with Crippen LogP contribution in [0.5, 0.6) is 0 Å². The van der Waals surface area contributed by atoms with E-state index in [1.807, 2.05) is 30.5 Å². The molecule has 0 aliphatic carbocycles. The normalized spacial score (nSPS) is 14.8. The minimum Gasteiger partial charge on any atom is -0.372 e. The molecule has 0 spiro atoms. The molecular formula is C27H27N5. The van der Waals surface area contributed by atoms with Crippen molar-refractivity contribution in [2.75, 3.05) is 23.4 Å². The zero-order chi connectivity index (χ0) is 21.6. The quantitative estimate of drug-likeness (QED) is 0.328. The number of nitrogens with zero attached hydrogens (tertiary/aromatic N) is 4. The van der Waals surface area contributed by atoms with Crippen molar-refractivity contribution >= 4 is 28.8 Å². The molecule has 0 saturated carbocycles. The lowest BCUT2D eigenvalue weighted by Crippen LogP contribution is -2.34. The summed E-state index contributed by atoms with van der Waals surface area (Å²) < 4.78 is 0. The topological polar surface area (TPSA) is 53.4 Å². The molecule has 0 radical (unpaired) electrons. The van der Waals surface area contributed by atoms with Gasteiger partial charge in [0.15, 0.2) is 5.82 Å². The molecule has 3 aromatic carbocycles. The summed E-state index contributed by atoms with van der Waals surface area (Å²) in [7, 11) is 0. The van der Waals surface area contributed by atoms with Crippen LogP contribution >= 0.6 is 0 Å². The van der Waals surface area contributed by atoms with E-state index in [2.05, 4.69) is 80.0 Å². The summed E-state index contributed by atoms with van der Waals surface area (Å²) in [5.41, 5.74) is 8.49. The van der Waals surface area contributed by atoms with Crippen LogP contribution in [-0.4, -0.2) is 29.3 Å². The molecule has 0 amide bonds. The SMILES string of the molecule is C(=NNc1cnc2ccccc2n1)c1ccc(N2CCC(Cc3ccccc3)CC2)cc1. The maximum Gasteiger partial charge on any atom is 0.165 e. The third-order valence-corrected chi connectivity index (χ3v) is 6.08. The summed E-state index contributed by atoms with van der Waals surface area (Å²) in [6, 6.07) is 27.3. The fourth-order valence-electron chi connectivity index (χ4n) is 4.30. The van der Waals surface area contributed by atoms with E-state index >= 15 is 0 Å².